The average molecular weight is 377 g/mol. The van der Waals surface area contributed by atoms with Crippen LogP contribution in [0, 0.1) is 0 Å². The summed E-state index contributed by atoms with van der Waals surface area (Å²) in [7, 11) is 0. The Balaban J connectivity index is 1.73. The van der Waals surface area contributed by atoms with E-state index < -0.39 is 5.91 Å². The summed E-state index contributed by atoms with van der Waals surface area (Å²) in [5.74, 6) is -0.458. The highest BCUT2D eigenvalue weighted by atomic mass is 32.1. The molecule has 0 saturated carbocycles. The fourth-order valence-electron chi connectivity index (χ4n) is 3.35. The molecule has 3 heterocycles. The average Bonchev–Trinajstić information content (AvgIpc) is 3.23. The summed E-state index contributed by atoms with van der Waals surface area (Å²) in [4.78, 5) is 44.1. The fourth-order valence-corrected chi connectivity index (χ4v) is 4.03. The summed E-state index contributed by atoms with van der Waals surface area (Å²) in [5, 5.41) is 7.50. The number of carbonyl (C=O) groups is 2. The van der Waals surface area contributed by atoms with Crippen molar-refractivity contribution in [3.05, 3.63) is 33.7 Å². The standard InChI is InChI=1S/C17H23N5O3S/c1-3-5-21-10-11(8-13(21)15(24)18-4-2)20-14(23)12-9-19-17-22(16(12)25)6-7-26-17/h6-7,9,11,13H,3-5,8,10H2,1-2H3,(H,18,24)(H,20,23)/t11-,13-/m0/s1. The summed E-state index contributed by atoms with van der Waals surface area (Å²) in [6.45, 7) is 5.91. The number of aromatic nitrogens is 2. The largest absolute Gasteiger partial charge is 0.355 e. The van der Waals surface area contributed by atoms with Crippen LogP contribution in [0.2, 0.25) is 0 Å². The second-order valence-corrected chi connectivity index (χ2v) is 7.22. The second-order valence-electron chi connectivity index (χ2n) is 6.34. The van der Waals surface area contributed by atoms with E-state index in [2.05, 4.69) is 27.4 Å². The molecule has 1 fully saturated rings. The molecule has 2 atom stereocenters. The number of likely N-dealkylation sites (tertiary alicyclic amines) is 1. The first-order valence-electron chi connectivity index (χ1n) is 8.82. The molecule has 2 amide bonds. The third-order valence-electron chi connectivity index (χ3n) is 4.49. The minimum Gasteiger partial charge on any atom is -0.355 e. The number of hydrogen-bond acceptors (Lipinski definition) is 6. The maximum Gasteiger partial charge on any atom is 0.271 e. The Hall–Kier alpha value is -2.26. The van der Waals surface area contributed by atoms with E-state index in [1.54, 1.807) is 11.6 Å². The Morgan fingerprint density at radius 2 is 2.19 bits per heavy atom. The molecule has 3 rings (SSSR count). The van der Waals surface area contributed by atoms with Gasteiger partial charge in [-0.25, -0.2) is 4.98 Å². The van der Waals surface area contributed by atoms with Gasteiger partial charge in [-0.3, -0.25) is 23.7 Å². The van der Waals surface area contributed by atoms with Gasteiger partial charge < -0.3 is 10.6 Å². The number of fused-ring (bicyclic) bond motifs is 1. The number of hydrogen-bond donors (Lipinski definition) is 2. The van der Waals surface area contributed by atoms with Gasteiger partial charge in [0.25, 0.3) is 11.5 Å². The van der Waals surface area contributed by atoms with E-state index in [0.29, 0.717) is 24.5 Å². The SMILES string of the molecule is CCCN1C[C@@H](NC(=O)c2cnc3sccn3c2=O)C[C@H]1C(=O)NCC. The minimum atomic E-state index is -0.443. The molecule has 0 radical (unpaired) electrons. The van der Waals surface area contributed by atoms with E-state index in [0.717, 1.165) is 13.0 Å². The summed E-state index contributed by atoms with van der Waals surface area (Å²) >= 11 is 1.34. The van der Waals surface area contributed by atoms with Crippen molar-refractivity contribution in [3.63, 3.8) is 0 Å². The minimum absolute atomic E-state index is 0.0147. The van der Waals surface area contributed by atoms with Crippen molar-refractivity contribution >= 4 is 28.1 Å². The van der Waals surface area contributed by atoms with Crippen molar-refractivity contribution in [2.45, 2.75) is 38.8 Å². The topological polar surface area (TPSA) is 95.8 Å². The lowest BCUT2D eigenvalue weighted by atomic mass is 10.1. The maximum atomic E-state index is 12.6. The molecule has 0 spiro atoms. The summed E-state index contributed by atoms with van der Waals surface area (Å²) in [6.07, 6.45) is 4.39. The molecule has 1 saturated heterocycles. The zero-order valence-electron chi connectivity index (χ0n) is 14.9. The molecule has 0 aromatic carbocycles. The van der Waals surface area contributed by atoms with Crippen LogP contribution < -0.4 is 16.2 Å². The summed E-state index contributed by atoms with van der Waals surface area (Å²) < 4.78 is 1.37. The van der Waals surface area contributed by atoms with Gasteiger partial charge in [0.1, 0.15) is 5.56 Å². The zero-order valence-corrected chi connectivity index (χ0v) is 15.7. The van der Waals surface area contributed by atoms with E-state index in [9.17, 15) is 14.4 Å². The number of likely N-dealkylation sites (N-methyl/N-ethyl adjacent to an activating group) is 1. The van der Waals surface area contributed by atoms with Crippen molar-refractivity contribution in [2.24, 2.45) is 0 Å². The number of nitrogens with zero attached hydrogens (tertiary/aromatic N) is 3. The van der Waals surface area contributed by atoms with Crippen LogP contribution in [0.15, 0.2) is 22.6 Å². The molecule has 8 nitrogen and oxygen atoms in total. The normalized spacial score (nSPS) is 20.4. The van der Waals surface area contributed by atoms with Gasteiger partial charge in [-0.15, -0.1) is 11.3 Å². The smallest absolute Gasteiger partial charge is 0.271 e. The molecular weight excluding hydrogens is 354 g/mol. The molecular formula is C17H23N5O3S. The summed E-state index contributed by atoms with van der Waals surface area (Å²) in [6, 6.07) is -0.428. The van der Waals surface area contributed by atoms with Gasteiger partial charge in [-0.05, 0) is 26.3 Å². The Morgan fingerprint density at radius 1 is 1.38 bits per heavy atom. The predicted octanol–water partition coefficient (Wildman–Crippen LogP) is 0.475. The Kier molecular flexibility index (Phi) is 5.67. The van der Waals surface area contributed by atoms with E-state index >= 15 is 0 Å². The molecule has 140 valence electrons. The van der Waals surface area contributed by atoms with Gasteiger partial charge >= 0.3 is 0 Å². The first-order valence-corrected chi connectivity index (χ1v) is 9.70. The molecule has 1 aliphatic heterocycles. The molecule has 0 aliphatic carbocycles. The zero-order chi connectivity index (χ0) is 18.7. The second kappa shape index (κ2) is 7.96. The Bertz CT molecular complexity index is 861. The van der Waals surface area contributed by atoms with Crippen molar-refractivity contribution in [3.8, 4) is 0 Å². The van der Waals surface area contributed by atoms with Crippen LogP contribution in [0.25, 0.3) is 4.96 Å². The lowest BCUT2D eigenvalue weighted by Crippen LogP contribution is -2.43. The molecule has 2 N–H and O–H groups in total. The third kappa shape index (κ3) is 3.63. The van der Waals surface area contributed by atoms with Gasteiger partial charge in [0, 0.05) is 36.9 Å². The first-order chi connectivity index (χ1) is 12.5. The number of thiazole rings is 1. The summed E-state index contributed by atoms with van der Waals surface area (Å²) in [5.41, 5.74) is -0.359. The fraction of sp³-hybridized carbons (Fsp3) is 0.529. The molecule has 0 bridgehead atoms. The van der Waals surface area contributed by atoms with Gasteiger partial charge in [-0.1, -0.05) is 6.92 Å². The maximum absolute atomic E-state index is 12.6. The van der Waals surface area contributed by atoms with E-state index in [4.69, 9.17) is 0 Å². The first kappa shape index (κ1) is 18.5. The van der Waals surface area contributed by atoms with Crippen LogP contribution in [0.1, 0.15) is 37.0 Å². The third-order valence-corrected chi connectivity index (χ3v) is 5.26. The highest BCUT2D eigenvalue weighted by Crippen LogP contribution is 2.19. The lowest BCUT2D eigenvalue weighted by molar-refractivity contribution is -0.125. The van der Waals surface area contributed by atoms with Crippen LogP contribution in [-0.2, 0) is 4.79 Å². The van der Waals surface area contributed by atoms with Crippen LogP contribution >= 0.6 is 11.3 Å². The van der Waals surface area contributed by atoms with Crippen molar-refractivity contribution < 1.29 is 9.59 Å². The van der Waals surface area contributed by atoms with Crippen molar-refractivity contribution in [1.82, 2.24) is 24.9 Å². The Morgan fingerprint density at radius 3 is 2.92 bits per heavy atom. The highest BCUT2D eigenvalue weighted by molar-refractivity contribution is 7.15. The quantitative estimate of drug-likeness (QED) is 0.763. The number of rotatable bonds is 6. The number of carbonyl (C=O) groups excluding carboxylic acids is 2. The predicted molar refractivity (Wildman–Crippen MR) is 99.5 cm³/mol. The molecule has 0 unspecified atom stereocenters. The molecule has 9 heteroatoms. The van der Waals surface area contributed by atoms with Gasteiger partial charge in [0.15, 0.2) is 4.96 Å². The molecule has 1 aliphatic rings. The van der Waals surface area contributed by atoms with E-state index in [-0.39, 0.29) is 29.1 Å². The number of amides is 2. The van der Waals surface area contributed by atoms with Crippen LogP contribution in [0.3, 0.4) is 0 Å². The van der Waals surface area contributed by atoms with Crippen LogP contribution in [0.4, 0.5) is 0 Å². The van der Waals surface area contributed by atoms with Crippen molar-refractivity contribution in [1.29, 1.82) is 0 Å². The molecule has 2 aromatic rings. The Labute approximate surface area is 155 Å². The van der Waals surface area contributed by atoms with E-state index in [1.165, 1.54) is 21.9 Å². The van der Waals surface area contributed by atoms with Gasteiger partial charge in [0.05, 0.1) is 6.04 Å². The van der Waals surface area contributed by atoms with E-state index in [1.807, 2.05) is 6.92 Å². The van der Waals surface area contributed by atoms with Crippen LogP contribution in [-0.4, -0.2) is 57.8 Å². The van der Waals surface area contributed by atoms with Crippen LogP contribution in [0.5, 0.6) is 0 Å². The lowest BCUT2D eigenvalue weighted by Gasteiger charge is -2.22. The number of nitrogens with one attached hydrogen (secondary N) is 2. The monoisotopic (exact) mass is 377 g/mol. The van der Waals surface area contributed by atoms with Gasteiger partial charge in [0.2, 0.25) is 5.91 Å². The molecule has 2 aromatic heterocycles. The van der Waals surface area contributed by atoms with Gasteiger partial charge in [-0.2, -0.15) is 0 Å². The highest BCUT2D eigenvalue weighted by Gasteiger charge is 2.37. The van der Waals surface area contributed by atoms with Crippen molar-refractivity contribution in [2.75, 3.05) is 19.6 Å². The molecule has 26 heavy (non-hydrogen) atoms.